The first-order valence-corrected chi connectivity index (χ1v) is 7.47. The summed E-state index contributed by atoms with van der Waals surface area (Å²) in [4.78, 5) is 0. The number of hydrogen-bond acceptors (Lipinski definition) is 2. The van der Waals surface area contributed by atoms with Crippen LogP contribution in [-0.4, -0.2) is 22.9 Å². The zero-order chi connectivity index (χ0) is 14.2. The van der Waals surface area contributed by atoms with Crippen molar-refractivity contribution >= 4 is 0 Å². The molecule has 0 aliphatic rings. The molecule has 0 saturated carbocycles. The van der Waals surface area contributed by atoms with Crippen LogP contribution in [0, 0.1) is 0 Å². The van der Waals surface area contributed by atoms with Gasteiger partial charge in [-0.2, -0.15) is 5.10 Å². The molecule has 0 radical (unpaired) electrons. The van der Waals surface area contributed by atoms with E-state index < -0.39 is 0 Å². The third-order valence-electron chi connectivity index (χ3n) is 3.94. The Bertz CT molecular complexity index is 490. The van der Waals surface area contributed by atoms with Gasteiger partial charge in [0, 0.05) is 25.0 Å². The second kappa shape index (κ2) is 7.85. The van der Waals surface area contributed by atoms with Gasteiger partial charge in [0.15, 0.2) is 0 Å². The summed E-state index contributed by atoms with van der Waals surface area (Å²) >= 11 is 0. The maximum absolute atomic E-state index is 4.22. The van der Waals surface area contributed by atoms with Gasteiger partial charge in [-0.05, 0) is 50.8 Å². The van der Waals surface area contributed by atoms with Crippen molar-refractivity contribution in [2.24, 2.45) is 7.05 Å². The summed E-state index contributed by atoms with van der Waals surface area (Å²) in [7, 11) is 4.08. The van der Waals surface area contributed by atoms with Crippen molar-refractivity contribution in [3.63, 3.8) is 0 Å². The van der Waals surface area contributed by atoms with E-state index >= 15 is 0 Å². The Hall–Kier alpha value is -1.61. The highest BCUT2D eigenvalue weighted by atomic mass is 15.2. The van der Waals surface area contributed by atoms with Crippen molar-refractivity contribution in [3.8, 4) is 0 Å². The first-order chi connectivity index (χ1) is 9.79. The Balaban J connectivity index is 1.71. The van der Waals surface area contributed by atoms with Crippen LogP contribution in [0.2, 0.25) is 0 Å². The monoisotopic (exact) mass is 271 g/mol. The molecule has 3 nitrogen and oxygen atoms in total. The molecule has 0 bridgehead atoms. The van der Waals surface area contributed by atoms with E-state index in [1.54, 1.807) is 0 Å². The Kier molecular flexibility index (Phi) is 5.81. The first-order valence-electron chi connectivity index (χ1n) is 7.47. The van der Waals surface area contributed by atoms with E-state index in [2.05, 4.69) is 53.9 Å². The zero-order valence-corrected chi connectivity index (χ0v) is 12.5. The van der Waals surface area contributed by atoms with E-state index in [1.165, 1.54) is 36.9 Å². The van der Waals surface area contributed by atoms with E-state index in [1.807, 2.05) is 17.9 Å². The largest absolute Gasteiger partial charge is 0.317 e. The SMILES string of the molecule is CNC(CCCc1ccccc1)CCc1ccnn1C. The fraction of sp³-hybridized carbons (Fsp3) is 0.471. The lowest BCUT2D eigenvalue weighted by molar-refractivity contribution is 0.468. The van der Waals surface area contributed by atoms with E-state index in [0.29, 0.717) is 6.04 Å². The summed E-state index contributed by atoms with van der Waals surface area (Å²) in [6.45, 7) is 0. The molecular weight excluding hydrogens is 246 g/mol. The predicted octanol–water partition coefficient (Wildman–Crippen LogP) is 2.96. The third kappa shape index (κ3) is 4.49. The Labute approximate surface area is 122 Å². The fourth-order valence-corrected chi connectivity index (χ4v) is 2.60. The van der Waals surface area contributed by atoms with Crippen molar-refractivity contribution in [1.82, 2.24) is 15.1 Å². The van der Waals surface area contributed by atoms with Gasteiger partial charge in [0.05, 0.1) is 0 Å². The minimum atomic E-state index is 0.591. The smallest absolute Gasteiger partial charge is 0.0492 e. The summed E-state index contributed by atoms with van der Waals surface area (Å²) in [6, 6.07) is 13.4. The van der Waals surface area contributed by atoms with E-state index in [9.17, 15) is 0 Å². The molecule has 0 spiro atoms. The molecule has 0 aliphatic carbocycles. The lowest BCUT2D eigenvalue weighted by atomic mass is 10.0. The maximum Gasteiger partial charge on any atom is 0.0492 e. The molecule has 1 unspecified atom stereocenters. The Morgan fingerprint density at radius 1 is 1.10 bits per heavy atom. The van der Waals surface area contributed by atoms with Crippen LogP contribution in [0.3, 0.4) is 0 Å². The topological polar surface area (TPSA) is 29.9 Å². The van der Waals surface area contributed by atoms with E-state index in [0.717, 1.165) is 6.42 Å². The highest BCUT2D eigenvalue weighted by Crippen LogP contribution is 2.11. The molecule has 1 atom stereocenters. The van der Waals surface area contributed by atoms with Gasteiger partial charge in [0.2, 0.25) is 0 Å². The van der Waals surface area contributed by atoms with Crippen molar-refractivity contribution in [2.45, 2.75) is 38.1 Å². The molecule has 0 aliphatic heterocycles. The second-order valence-electron chi connectivity index (χ2n) is 5.35. The number of aromatic nitrogens is 2. The predicted molar refractivity (Wildman–Crippen MR) is 83.8 cm³/mol. The van der Waals surface area contributed by atoms with Gasteiger partial charge in [-0.1, -0.05) is 30.3 Å². The van der Waals surface area contributed by atoms with Gasteiger partial charge in [-0.15, -0.1) is 0 Å². The molecular formula is C17H25N3. The Morgan fingerprint density at radius 2 is 1.90 bits per heavy atom. The number of rotatable bonds is 8. The van der Waals surface area contributed by atoms with Crippen LogP contribution in [0.1, 0.15) is 30.5 Å². The molecule has 108 valence electrons. The second-order valence-corrected chi connectivity index (χ2v) is 5.35. The zero-order valence-electron chi connectivity index (χ0n) is 12.5. The number of nitrogens with one attached hydrogen (secondary N) is 1. The van der Waals surface area contributed by atoms with E-state index in [-0.39, 0.29) is 0 Å². The van der Waals surface area contributed by atoms with Crippen LogP contribution in [0.25, 0.3) is 0 Å². The number of hydrogen-bond donors (Lipinski definition) is 1. The number of aryl methyl sites for hydroxylation is 3. The third-order valence-corrected chi connectivity index (χ3v) is 3.94. The van der Waals surface area contributed by atoms with Crippen LogP contribution in [-0.2, 0) is 19.9 Å². The van der Waals surface area contributed by atoms with Gasteiger partial charge in [0.25, 0.3) is 0 Å². The molecule has 0 saturated heterocycles. The normalized spacial score (nSPS) is 12.5. The fourth-order valence-electron chi connectivity index (χ4n) is 2.60. The molecule has 1 aromatic heterocycles. The summed E-state index contributed by atoms with van der Waals surface area (Å²) in [5, 5.41) is 7.66. The van der Waals surface area contributed by atoms with Crippen molar-refractivity contribution in [2.75, 3.05) is 7.05 Å². The van der Waals surface area contributed by atoms with Crippen molar-refractivity contribution < 1.29 is 0 Å². The lowest BCUT2D eigenvalue weighted by Crippen LogP contribution is -2.26. The average molecular weight is 271 g/mol. The van der Waals surface area contributed by atoms with Crippen LogP contribution in [0.15, 0.2) is 42.6 Å². The molecule has 1 heterocycles. The summed E-state index contributed by atoms with van der Waals surface area (Å²) in [5.74, 6) is 0. The Morgan fingerprint density at radius 3 is 2.55 bits per heavy atom. The highest BCUT2D eigenvalue weighted by Gasteiger charge is 2.08. The summed E-state index contributed by atoms with van der Waals surface area (Å²) in [5.41, 5.74) is 2.75. The van der Waals surface area contributed by atoms with Crippen LogP contribution >= 0.6 is 0 Å². The van der Waals surface area contributed by atoms with Gasteiger partial charge >= 0.3 is 0 Å². The molecule has 1 aromatic carbocycles. The number of nitrogens with zero attached hydrogens (tertiary/aromatic N) is 2. The molecule has 2 aromatic rings. The minimum absolute atomic E-state index is 0.591. The highest BCUT2D eigenvalue weighted by molar-refractivity contribution is 5.14. The first kappa shape index (κ1) is 14.8. The van der Waals surface area contributed by atoms with Gasteiger partial charge in [0.1, 0.15) is 0 Å². The van der Waals surface area contributed by atoms with E-state index in [4.69, 9.17) is 0 Å². The molecule has 3 heteroatoms. The molecule has 0 amide bonds. The minimum Gasteiger partial charge on any atom is -0.317 e. The summed E-state index contributed by atoms with van der Waals surface area (Å²) in [6.07, 6.45) is 7.77. The average Bonchev–Trinajstić information content (AvgIpc) is 2.89. The maximum atomic E-state index is 4.22. The molecule has 2 rings (SSSR count). The van der Waals surface area contributed by atoms with Crippen molar-refractivity contribution in [1.29, 1.82) is 0 Å². The van der Waals surface area contributed by atoms with Crippen LogP contribution in [0.5, 0.6) is 0 Å². The summed E-state index contributed by atoms with van der Waals surface area (Å²) < 4.78 is 1.97. The lowest BCUT2D eigenvalue weighted by Gasteiger charge is -2.16. The van der Waals surface area contributed by atoms with Crippen molar-refractivity contribution in [3.05, 3.63) is 53.9 Å². The van der Waals surface area contributed by atoms with Gasteiger partial charge in [-0.3, -0.25) is 4.68 Å². The quantitative estimate of drug-likeness (QED) is 0.800. The van der Waals surface area contributed by atoms with Gasteiger partial charge in [-0.25, -0.2) is 0 Å². The molecule has 20 heavy (non-hydrogen) atoms. The standard InChI is InChI=1S/C17H25N3/c1-18-16(11-12-17-13-14-19-20(17)2)10-6-9-15-7-4-3-5-8-15/h3-5,7-8,13-14,16,18H,6,9-12H2,1-2H3. The van der Waals surface area contributed by atoms with Crippen LogP contribution in [0.4, 0.5) is 0 Å². The number of benzene rings is 1. The van der Waals surface area contributed by atoms with Gasteiger partial charge < -0.3 is 5.32 Å². The molecule has 1 N–H and O–H groups in total. The molecule has 0 fully saturated rings. The van der Waals surface area contributed by atoms with Crippen LogP contribution < -0.4 is 5.32 Å².